The Labute approximate surface area is 322 Å². The third kappa shape index (κ3) is 5.19. The van der Waals surface area contributed by atoms with E-state index >= 15 is 0 Å². The lowest BCUT2D eigenvalue weighted by molar-refractivity contribution is 1.07. The molecule has 56 heavy (non-hydrogen) atoms. The fourth-order valence-corrected chi connectivity index (χ4v) is 8.09. The lowest BCUT2D eigenvalue weighted by Gasteiger charge is -2.11. The van der Waals surface area contributed by atoms with Gasteiger partial charge in [0, 0.05) is 32.7 Å². The van der Waals surface area contributed by atoms with Gasteiger partial charge in [-0.1, -0.05) is 121 Å². The number of aromatic nitrogens is 6. The molecule has 0 spiro atoms. The maximum Gasteiger partial charge on any atom is 0.138 e. The Morgan fingerprint density at radius 3 is 1.05 bits per heavy atom. The Kier molecular flexibility index (Phi) is 7.38. The topological polar surface area (TPSA) is 61.4 Å². The van der Waals surface area contributed by atoms with Gasteiger partial charge < -0.3 is 0 Å². The average molecular weight is 717 g/mol. The molecule has 0 saturated carbocycles. The van der Waals surface area contributed by atoms with Gasteiger partial charge in [0.05, 0.1) is 56.2 Å². The van der Waals surface area contributed by atoms with E-state index in [1.807, 2.05) is 72.8 Å². The van der Waals surface area contributed by atoms with Crippen molar-refractivity contribution in [3.05, 3.63) is 194 Å². The van der Waals surface area contributed by atoms with Crippen molar-refractivity contribution in [3.8, 4) is 56.9 Å². The minimum Gasteiger partial charge on any atom is -0.294 e. The zero-order valence-corrected chi connectivity index (χ0v) is 30.2. The van der Waals surface area contributed by atoms with E-state index in [0.29, 0.717) is 0 Å². The molecule has 0 aliphatic carbocycles. The normalized spacial score (nSPS) is 11.6. The van der Waals surface area contributed by atoms with Crippen LogP contribution in [0.15, 0.2) is 194 Å². The van der Waals surface area contributed by atoms with Gasteiger partial charge in [0.1, 0.15) is 11.6 Å². The third-order valence-electron chi connectivity index (χ3n) is 10.6. The molecule has 6 heteroatoms. The summed E-state index contributed by atoms with van der Waals surface area (Å²) < 4.78 is 4.57. The van der Waals surface area contributed by atoms with E-state index < -0.39 is 0 Å². The summed E-state index contributed by atoms with van der Waals surface area (Å²) in [4.78, 5) is 20.6. The fraction of sp³-hybridized carbons (Fsp3) is 0. The Bertz CT molecular complexity index is 3030. The zero-order valence-electron chi connectivity index (χ0n) is 30.2. The van der Waals surface area contributed by atoms with Crippen LogP contribution < -0.4 is 0 Å². The molecule has 0 atom stereocenters. The van der Waals surface area contributed by atoms with Crippen molar-refractivity contribution >= 4 is 43.6 Å². The quantitative estimate of drug-likeness (QED) is 0.172. The first-order valence-electron chi connectivity index (χ1n) is 18.7. The predicted octanol–water partition coefficient (Wildman–Crippen LogP) is 12.1. The zero-order chi connectivity index (χ0) is 37.0. The number of pyridine rings is 4. The van der Waals surface area contributed by atoms with Crippen LogP contribution in [0, 0.1) is 0 Å². The number of hydrogen-bond acceptors (Lipinski definition) is 4. The summed E-state index contributed by atoms with van der Waals surface area (Å²) in [5.74, 6) is 1.67. The van der Waals surface area contributed by atoms with Gasteiger partial charge >= 0.3 is 0 Å². The van der Waals surface area contributed by atoms with E-state index in [-0.39, 0.29) is 0 Å². The van der Waals surface area contributed by atoms with Crippen LogP contribution in [0.4, 0.5) is 0 Å². The van der Waals surface area contributed by atoms with Crippen LogP contribution in [0.2, 0.25) is 0 Å². The molecule has 0 bridgehead atoms. The summed E-state index contributed by atoms with van der Waals surface area (Å²) in [6.45, 7) is 0. The van der Waals surface area contributed by atoms with Gasteiger partial charge in [-0.2, -0.15) is 0 Å². The van der Waals surface area contributed by atoms with E-state index in [1.165, 1.54) is 10.8 Å². The molecule has 11 aromatic rings. The highest BCUT2D eigenvalue weighted by molar-refractivity contribution is 6.28. The van der Waals surface area contributed by atoms with Gasteiger partial charge in [0.2, 0.25) is 0 Å². The number of fused-ring (bicyclic) bond motifs is 7. The second-order valence-electron chi connectivity index (χ2n) is 13.9. The summed E-state index contributed by atoms with van der Waals surface area (Å²) in [5, 5.41) is 4.68. The maximum absolute atomic E-state index is 5.26. The molecule has 0 N–H and O–H groups in total. The van der Waals surface area contributed by atoms with Gasteiger partial charge in [-0.3, -0.25) is 9.13 Å². The Hall–Kier alpha value is -7.70. The van der Waals surface area contributed by atoms with Crippen LogP contribution >= 0.6 is 0 Å². The van der Waals surface area contributed by atoms with E-state index in [1.54, 1.807) is 0 Å². The lowest BCUT2D eigenvalue weighted by atomic mass is 10.1. The molecule has 0 fully saturated rings. The number of para-hydroxylation sites is 2. The van der Waals surface area contributed by atoms with Crippen LogP contribution in [-0.2, 0) is 0 Å². The van der Waals surface area contributed by atoms with Crippen LogP contribution in [0.5, 0.6) is 0 Å². The van der Waals surface area contributed by atoms with Crippen LogP contribution in [0.3, 0.4) is 0 Å². The van der Waals surface area contributed by atoms with Crippen molar-refractivity contribution in [1.29, 1.82) is 0 Å². The predicted molar refractivity (Wildman–Crippen MR) is 228 cm³/mol. The number of benzene rings is 5. The van der Waals surface area contributed by atoms with E-state index in [4.69, 9.17) is 19.9 Å². The monoisotopic (exact) mass is 716 g/mol. The van der Waals surface area contributed by atoms with Gasteiger partial charge in [-0.15, -0.1) is 0 Å². The van der Waals surface area contributed by atoms with Crippen molar-refractivity contribution in [2.24, 2.45) is 0 Å². The molecule has 0 aliphatic heterocycles. The van der Waals surface area contributed by atoms with Crippen LogP contribution in [0.1, 0.15) is 0 Å². The second-order valence-corrected chi connectivity index (χ2v) is 13.9. The van der Waals surface area contributed by atoms with Gasteiger partial charge in [-0.25, -0.2) is 19.9 Å². The van der Waals surface area contributed by atoms with Crippen molar-refractivity contribution in [3.63, 3.8) is 0 Å². The highest BCUT2D eigenvalue weighted by atomic mass is 15.1. The van der Waals surface area contributed by atoms with Gasteiger partial charge in [-0.05, 0) is 72.8 Å². The standard InChI is InChI=1S/C50H32N6/c1-3-15-33(16-4-1)37-21-11-23-39(51-37)41-25-13-29-47(53-41)55-43-27-9-7-19-35(43)49-45(55)31-32-46-50(49)36-20-8-10-28-44(36)56(46)48-30-14-26-42(54-48)40-24-12-22-38(52-40)34-17-5-2-6-18-34/h1-32H. The molecular formula is C50H32N6. The molecule has 11 rings (SSSR count). The second kappa shape index (κ2) is 13.0. The fourth-order valence-electron chi connectivity index (χ4n) is 8.09. The first-order chi connectivity index (χ1) is 27.8. The summed E-state index contributed by atoms with van der Waals surface area (Å²) in [5.41, 5.74) is 11.6. The third-order valence-corrected chi connectivity index (χ3v) is 10.6. The van der Waals surface area contributed by atoms with Crippen molar-refractivity contribution < 1.29 is 0 Å². The number of nitrogens with zero attached hydrogens (tertiary/aromatic N) is 6. The van der Waals surface area contributed by atoms with E-state index in [0.717, 1.165) is 89.8 Å². The van der Waals surface area contributed by atoms with Gasteiger partial charge in [0.25, 0.3) is 0 Å². The Morgan fingerprint density at radius 2 is 0.607 bits per heavy atom. The van der Waals surface area contributed by atoms with Crippen molar-refractivity contribution in [2.45, 2.75) is 0 Å². The highest BCUT2D eigenvalue weighted by Gasteiger charge is 2.21. The minimum absolute atomic E-state index is 0.818. The summed E-state index contributed by atoms with van der Waals surface area (Å²) >= 11 is 0. The molecule has 0 amide bonds. The lowest BCUT2D eigenvalue weighted by Crippen LogP contribution is -2.00. The molecule has 6 heterocycles. The summed E-state index contributed by atoms with van der Waals surface area (Å²) in [7, 11) is 0. The molecule has 262 valence electrons. The Morgan fingerprint density at radius 1 is 0.250 bits per heavy atom. The van der Waals surface area contributed by atoms with Crippen LogP contribution in [-0.4, -0.2) is 29.1 Å². The average Bonchev–Trinajstić information content (AvgIpc) is 3.80. The molecule has 6 nitrogen and oxygen atoms in total. The SMILES string of the molecule is c1ccc(-c2cccc(-c3cccc(-n4c5ccccc5c5c6c7ccccc7n(-c7cccc(-c8cccc(-c9ccccc9)n8)n7)c6ccc54)n3)n2)cc1. The van der Waals surface area contributed by atoms with E-state index in [9.17, 15) is 0 Å². The van der Waals surface area contributed by atoms with Crippen molar-refractivity contribution in [1.82, 2.24) is 29.1 Å². The Balaban J connectivity index is 1.09. The molecular weight excluding hydrogens is 685 g/mol. The number of hydrogen-bond donors (Lipinski definition) is 0. The summed E-state index contributed by atoms with van der Waals surface area (Å²) in [6.07, 6.45) is 0. The van der Waals surface area contributed by atoms with Crippen molar-refractivity contribution in [2.75, 3.05) is 0 Å². The molecule has 6 aromatic heterocycles. The van der Waals surface area contributed by atoms with Crippen LogP contribution in [0.25, 0.3) is 101 Å². The smallest absolute Gasteiger partial charge is 0.138 e. The molecule has 0 radical (unpaired) electrons. The molecule has 0 unspecified atom stereocenters. The largest absolute Gasteiger partial charge is 0.294 e. The minimum atomic E-state index is 0.818. The first kappa shape index (κ1) is 31.8. The van der Waals surface area contributed by atoms with Gasteiger partial charge in [0.15, 0.2) is 0 Å². The molecule has 0 saturated heterocycles. The molecule has 0 aliphatic rings. The highest BCUT2D eigenvalue weighted by Crippen LogP contribution is 2.42. The molecule has 5 aromatic carbocycles. The summed E-state index contributed by atoms with van der Waals surface area (Å²) in [6, 6.07) is 66.9. The first-order valence-corrected chi connectivity index (χ1v) is 18.7. The maximum atomic E-state index is 5.26. The van der Waals surface area contributed by atoms with E-state index in [2.05, 4.69) is 130 Å². The number of rotatable bonds is 6.